The molecular formula is C24H18ClN3O2. The van der Waals surface area contributed by atoms with Gasteiger partial charge in [0.05, 0.1) is 22.3 Å². The monoisotopic (exact) mass is 415 g/mol. The molecule has 2 heterocycles. The molecule has 30 heavy (non-hydrogen) atoms. The van der Waals surface area contributed by atoms with Gasteiger partial charge in [0, 0.05) is 17.2 Å². The van der Waals surface area contributed by atoms with Crippen molar-refractivity contribution in [3.05, 3.63) is 101 Å². The molecule has 6 heteroatoms. The maximum Gasteiger partial charge on any atom is 0.237 e. The minimum atomic E-state index is -0.499. The molecule has 0 saturated carbocycles. The fraction of sp³-hybridized carbons (Fsp3) is 0.0833. The van der Waals surface area contributed by atoms with Crippen LogP contribution in [0.5, 0.6) is 11.5 Å². The zero-order valence-corrected chi connectivity index (χ0v) is 16.9. The van der Waals surface area contributed by atoms with Gasteiger partial charge in [0.25, 0.3) is 0 Å². The first-order valence-corrected chi connectivity index (χ1v) is 9.98. The second-order valence-electron chi connectivity index (χ2n) is 7.13. The van der Waals surface area contributed by atoms with Crippen LogP contribution in [0.15, 0.2) is 78.9 Å². The number of carbonyl (C=O) groups excluding carboxylic acids is 1. The van der Waals surface area contributed by atoms with Crippen LogP contribution in [0.25, 0.3) is 5.69 Å². The van der Waals surface area contributed by atoms with Crippen LogP contribution in [0.1, 0.15) is 22.7 Å². The lowest BCUT2D eigenvalue weighted by molar-refractivity contribution is -0.116. The van der Waals surface area contributed by atoms with Crippen LogP contribution in [0.4, 0.5) is 5.82 Å². The van der Waals surface area contributed by atoms with Gasteiger partial charge in [0.2, 0.25) is 5.91 Å². The Balaban J connectivity index is 1.56. The number of nitrogens with zero attached hydrogens (tertiary/aromatic N) is 2. The van der Waals surface area contributed by atoms with Crippen LogP contribution in [0.2, 0.25) is 5.02 Å². The zero-order chi connectivity index (χ0) is 20.7. The Hall–Kier alpha value is -3.57. The first-order valence-electron chi connectivity index (χ1n) is 9.60. The lowest BCUT2D eigenvalue weighted by atomic mass is 9.87. The Morgan fingerprint density at radius 2 is 1.57 bits per heavy atom. The molecule has 0 fully saturated rings. The van der Waals surface area contributed by atoms with Gasteiger partial charge in [-0.2, -0.15) is 5.10 Å². The number of anilines is 1. The van der Waals surface area contributed by atoms with Gasteiger partial charge in [-0.15, -0.1) is 0 Å². The molecule has 148 valence electrons. The zero-order valence-electron chi connectivity index (χ0n) is 16.2. The quantitative estimate of drug-likeness (QED) is 0.466. The second kappa shape index (κ2) is 7.35. The highest BCUT2D eigenvalue weighted by Crippen LogP contribution is 2.44. The summed E-state index contributed by atoms with van der Waals surface area (Å²) in [6, 6.07) is 24.5. The van der Waals surface area contributed by atoms with Crippen LogP contribution >= 0.6 is 11.6 Å². The van der Waals surface area contributed by atoms with Crippen molar-refractivity contribution in [3.63, 3.8) is 0 Å². The summed E-state index contributed by atoms with van der Waals surface area (Å²) < 4.78 is 7.67. The number of fused-ring (bicyclic) bond motifs is 2. The third-order valence-electron chi connectivity index (χ3n) is 5.11. The molecule has 5 nitrogen and oxygen atoms in total. The normalized spacial score (nSPS) is 12.6. The largest absolute Gasteiger partial charge is 0.457 e. The predicted octanol–water partition coefficient (Wildman–Crippen LogP) is 5.71. The van der Waals surface area contributed by atoms with E-state index in [2.05, 4.69) is 10.4 Å². The smallest absolute Gasteiger partial charge is 0.237 e. The van der Waals surface area contributed by atoms with Crippen molar-refractivity contribution in [2.24, 2.45) is 0 Å². The number of hydrogen-bond acceptors (Lipinski definition) is 3. The molecule has 0 spiro atoms. The maximum atomic E-state index is 13.5. The van der Waals surface area contributed by atoms with Crippen molar-refractivity contribution in [2.75, 3.05) is 5.32 Å². The summed E-state index contributed by atoms with van der Waals surface area (Å²) in [5, 5.41) is 8.13. The van der Waals surface area contributed by atoms with E-state index in [1.807, 2.05) is 79.7 Å². The minimum absolute atomic E-state index is 0.161. The summed E-state index contributed by atoms with van der Waals surface area (Å²) in [5.41, 5.74) is 3.14. The number of amides is 1. The third-order valence-corrected chi connectivity index (χ3v) is 5.43. The Labute approximate surface area is 178 Å². The number of ether oxygens (including phenoxy) is 1. The highest BCUT2D eigenvalue weighted by atomic mass is 35.5. The summed E-state index contributed by atoms with van der Waals surface area (Å²) in [6.45, 7) is 1.88. The van der Waals surface area contributed by atoms with Gasteiger partial charge in [0.15, 0.2) is 0 Å². The summed E-state index contributed by atoms with van der Waals surface area (Å²) in [5.74, 6) is 1.28. The van der Waals surface area contributed by atoms with E-state index in [9.17, 15) is 4.79 Å². The SMILES string of the molecule is Cc1cc(NC(=O)C2c3ccccc3Oc3ccccc32)n(-c2ccccc2Cl)n1. The van der Waals surface area contributed by atoms with E-state index in [1.165, 1.54) is 0 Å². The molecule has 3 aromatic carbocycles. The molecule has 0 aliphatic carbocycles. The lowest BCUT2D eigenvalue weighted by Gasteiger charge is -2.27. The average Bonchev–Trinajstić information content (AvgIpc) is 3.11. The summed E-state index contributed by atoms with van der Waals surface area (Å²) in [7, 11) is 0. The molecule has 4 aromatic rings. The molecule has 1 aliphatic rings. The van der Waals surface area contributed by atoms with Crippen molar-refractivity contribution in [1.29, 1.82) is 0 Å². The van der Waals surface area contributed by atoms with E-state index in [1.54, 1.807) is 10.7 Å². The molecule has 0 radical (unpaired) electrons. The lowest BCUT2D eigenvalue weighted by Crippen LogP contribution is -2.26. The van der Waals surface area contributed by atoms with Crippen molar-refractivity contribution < 1.29 is 9.53 Å². The van der Waals surface area contributed by atoms with E-state index in [4.69, 9.17) is 16.3 Å². The molecule has 5 rings (SSSR count). The third kappa shape index (κ3) is 3.13. The van der Waals surface area contributed by atoms with Crippen molar-refractivity contribution in [2.45, 2.75) is 12.8 Å². The Kier molecular flexibility index (Phi) is 4.52. The molecule has 1 aliphatic heterocycles. The molecule has 0 unspecified atom stereocenters. The van der Waals surface area contributed by atoms with E-state index in [-0.39, 0.29) is 5.91 Å². The number of nitrogens with one attached hydrogen (secondary N) is 1. The van der Waals surface area contributed by atoms with E-state index < -0.39 is 5.92 Å². The van der Waals surface area contributed by atoms with E-state index >= 15 is 0 Å². The molecule has 1 amide bonds. The molecule has 1 aromatic heterocycles. The van der Waals surface area contributed by atoms with Gasteiger partial charge in [-0.25, -0.2) is 4.68 Å². The first-order chi connectivity index (χ1) is 14.6. The standard InChI is InChI=1S/C24H18ClN3O2/c1-15-14-22(28(27-15)19-11-5-4-10-18(19)25)26-24(29)23-16-8-2-6-12-20(16)30-21-13-7-3-9-17(21)23/h2-14,23H,1H3,(H,26,29). The highest BCUT2D eigenvalue weighted by Gasteiger charge is 2.33. The van der Waals surface area contributed by atoms with Gasteiger partial charge in [0.1, 0.15) is 17.3 Å². The van der Waals surface area contributed by atoms with Crippen molar-refractivity contribution in [3.8, 4) is 17.2 Å². The number of halogens is 1. The number of hydrogen-bond donors (Lipinski definition) is 1. The fourth-order valence-electron chi connectivity index (χ4n) is 3.79. The van der Waals surface area contributed by atoms with E-state index in [0.29, 0.717) is 28.0 Å². The van der Waals surface area contributed by atoms with Crippen LogP contribution in [0, 0.1) is 6.92 Å². The second-order valence-corrected chi connectivity index (χ2v) is 7.54. The number of para-hydroxylation sites is 3. The van der Waals surface area contributed by atoms with E-state index in [0.717, 1.165) is 16.8 Å². The van der Waals surface area contributed by atoms with Gasteiger partial charge >= 0.3 is 0 Å². The fourth-order valence-corrected chi connectivity index (χ4v) is 4.00. The highest BCUT2D eigenvalue weighted by molar-refractivity contribution is 6.32. The predicted molar refractivity (Wildman–Crippen MR) is 117 cm³/mol. The average molecular weight is 416 g/mol. The molecule has 1 N–H and O–H groups in total. The summed E-state index contributed by atoms with van der Waals surface area (Å²) >= 11 is 6.37. The summed E-state index contributed by atoms with van der Waals surface area (Å²) in [4.78, 5) is 13.5. The molecule has 0 bridgehead atoms. The Morgan fingerprint density at radius 3 is 2.23 bits per heavy atom. The van der Waals surface area contributed by atoms with Crippen LogP contribution in [0.3, 0.4) is 0 Å². The first kappa shape index (κ1) is 18.5. The number of rotatable bonds is 3. The van der Waals surface area contributed by atoms with Gasteiger partial charge in [-0.1, -0.05) is 60.1 Å². The number of benzene rings is 3. The summed E-state index contributed by atoms with van der Waals surface area (Å²) in [6.07, 6.45) is 0. The van der Waals surface area contributed by atoms with Crippen molar-refractivity contribution in [1.82, 2.24) is 9.78 Å². The minimum Gasteiger partial charge on any atom is -0.457 e. The molecule has 0 saturated heterocycles. The number of aromatic nitrogens is 2. The van der Waals surface area contributed by atoms with Gasteiger partial charge < -0.3 is 10.1 Å². The number of aryl methyl sites for hydroxylation is 1. The van der Waals surface area contributed by atoms with Crippen LogP contribution < -0.4 is 10.1 Å². The van der Waals surface area contributed by atoms with Crippen molar-refractivity contribution >= 4 is 23.3 Å². The topological polar surface area (TPSA) is 56.1 Å². The maximum absolute atomic E-state index is 13.5. The van der Waals surface area contributed by atoms with Crippen LogP contribution in [-0.2, 0) is 4.79 Å². The molecular weight excluding hydrogens is 398 g/mol. The number of carbonyl (C=O) groups is 1. The Bertz CT molecular complexity index is 1220. The van der Waals surface area contributed by atoms with Crippen LogP contribution in [-0.4, -0.2) is 15.7 Å². The Morgan fingerprint density at radius 1 is 0.967 bits per heavy atom. The van der Waals surface area contributed by atoms with Gasteiger partial charge in [-0.3, -0.25) is 4.79 Å². The molecule has 0 atom stereocenters. The van der Waals surface area contributed by atoms with Gasteiger partial charge in [-0.05, 0) is 31.2 Å².